The highest BCUT2D eigenvalue weighted by Gasteiger charge is 2.32. The molecule has 0 bridgehead atoms. The summed E-state index contributed by atoms with van der Waals surface area (Å²) in [5, 5.41) is 16.9. The summed E-state index contributed by atoms with van der Waals surface area (Å²) in [6, 6.07) is 7.68. The zero-order chi connectivity index (χ0) is 17.2. The van der Waals surface area contributed by atoms with Crippen molar-refractivity contribution in [3.63, 3.8) is 0 Å². The number of hydrogen-bond donors (Lipinski definition) is 0. The molecule has 0 atom stereocenters. The van der Waals surface area contributed by atoms with Crippen LogP contribution in [0.2, 0.25) is 10.0 Å². The van der Waals surface area contributed by atoms with Gasteiger partial charge < -0.3 is 4.42 Å². The van der Waals surface area contributed by atoms with E-state index in [0.717, 1.165) is 12.1 Å². The number of hydrogen-bond acceptors (Lipinski definition) is 3. The van der Waals surface area contributed by atoms with Crippen LogP contribution in [-0.4, -0.2) is 0 Å². The summed E-state index contributed by atoms with van der Waals surface area (Å²) in [5.74, 6) is 0.292. The highest BCUT2D eigenvalue weighted by Crippen LogP contribution is 2.41. The highest BCUT2D eigenvalue weighted by molar-refractivity contribution is 6.39. The fraction of sp³-hybridized carbons (Fsp3) is 0.0667. The van der Waals surface area contributed by atoms with Crippen LogP contribution in [-0.2, 0) is 6.18 Å². The summed E-state index contributed by atoms with van der Waals surface area (Å²) in [6.07, 6.45) is -3.38. The Morgan fingerprint density at radius 3 is 2.13 bits per heavy atom. The molecule has 2 rings (SSSR count). The summed E-state index contributed by atoms with van der Waals surface area (Å²) in [6.45, 7) is 0. The average Bonchev–Trinajstić information content (AvgIpc) is 2.91. The Balaban J connectivity index is 2.49. The third kappa shape index (κ3) is 3.68. The first kappa shape index (κ1) is 17.0. The van der Waals surface area contributed by atoms with Crippen LogP contribution in [0.25, 0.3) is 17.4 Å². The van der Waals surface area contributed by atoms with Crippen LogP contribution in [0.15, 0.2) is 34.3 Å². The lowest BCUT2D eigenvalue weighted by atomic mass is 10.1. The van der Waals surface area contributed by atoms with Gasteiger partial charge in [-0.05, 0) is 24.3 Å². The predicted molar refractivity (Wildman–Crippen MR) is 78.4 cm³/mol. The van der Waals surface area contributed by atoms with Crippen LogP contribution in [0.4, 0.5) is 13.2 Å². The molecule has 116 valence electrons. The number of nitriles is 2. The lowest BCUT2D eigenvalue weighted by Gasteiger charge is -2.10. The molecule has 0 spiro atoms. The van der Waals surface area contributed by atoms with Crippen LogP contribution >= 0.6 is 23.2 Å². The molecule has 23 heavy (non-hydrogen) atoms. The summed E-state index contributed by atoms with van der Waals surface area (Å²) in [7, 11) is 0. The van der Waals surface area contributed by atoms with E-state index in [1.54, 1.807) is 12.1 Å². The van der Waals surface area contributed by atoms with Crippen molar-refractivity contribution in [2.75, 3.05) is 0 Å². The molecular formula is C15H5Cl2F3N2O. The SMILES string of the molecule is N#CC(C#N)=Cc1ccc(-c2c(Cl)cc(C(F)(F)F)cc2Cl)o1. The van der Waals surface area contributed by atoms with Crippen molar-refractivity contribution in [2.45, 2.75) is 6.18 Å². The molecule has 1 aromatic carbocycles. The maximum Gasteiger partial charge on any atom is 0.416 e. The van der Waals surface area contributed by atoms with E-state index in [0.29, 0.717) is 0 Å². The quantitative estimate of drug-likeness (QED) is 0.648. The van der Waals surface area contributed by atoms with Crippen molar-refractivity contribution in [1.82, 2.24) is 0 Å². The maximum absolute atomic E-state index is 12.7. The second-order valence-electron chi connectivity index (χ2n) is 4.30. The molecule has 0 radical (unpaired) electrons. The van der Waals surface area contributed by atoms with Crippen molar-refractivity contribution in [3.05, 3.63) is 51.2 Å². The van der Waals surface area contributed by atoms with Crippen LogP contribution in [0.5, 0.6) is 0 Å². The van der Waals surface area contributed by atoms with E-state index in [1.807, 2.05) is 0 Å². The maximum atomic E-state index is 12.7. The third-order valence-electron chi connectivity index (χ3n) is 2.77. The lowest BCUT2D eigenvalue weighted by Crippen LogP contribution is -2.05. The van der Waals surface area contributed by atoms with Crippen molar-refractivity contribution in [1.29, 1.82) is 10.5 Å². The molecule has 0 amide bonds. The van der Waals surface area contributed by atoms with Gasteiger partial charge in [0, 0.05) is 6.08 Å². The molecular weight excluding hydrogens is 352 g/mol. The van der Waals surface area contributed by atoms with E-state index in [4.69, 9.17) is 38.1 Å². The minimum absolute atomic E-state index is 0.0939. The number of furan rings is 1. The molecule has 0 aliphatic heterocycles. The first-order valence-corrected chi connectivity index (χ1v) is 6.70. The lowest BCUT2D eigenvalue weighted by molar-refractivity contribution is -0.137. The topological polar surface area (TPSA) is 60.7 Å². The van der Waals surface area contributed by atoms with E-state index >= 15 is 0 Å². The number of benzene rings is 1. The van der Waals surface area contributed by atoms with Gasteiger partial charge in [0.1, 0.15) is 29.2 Å². The Morgan fingerprint density at radius 1 is 1.09 bits per heavy atom. The Labute approximate surface area is 138 Å². The molecule has 0 aliphatic rings. The van der Waals surface area contributed by atoms with Gasteiger partial charge in [0.25, 0.3) is 0 Å². The molecule has 0 saturated heterocycles. The number of alkyl halides is 3. The van der Waals surface area contributed by atoms with Gasteiger partial charge in [-0.3, -0.25) is 0 Å². The summed E-state index contributed by atoms with van der Waals surface area (Å²) < 4.78 is 43.5. The van der Waals surface area contributed by atoms with E-state index < -0.39 is 11.7 Å². The zero-order valence-corrected chi connectivity index (χ0v) is 12.6. The molecule has 0 N–H and O–H groups in total. The fourth-order valence-electron chi connectivity index (χ4n) is 1.77. The van der Waals surface area contributed by atoms with Crippen molar-refractivity contribution >= 4 is 29.3 Å². The van der Waals surface area contributed by atoms with Crippen LogP contribution in [0.1, 0.15) is 11.3 Å². The van der Waals surface area contributed by atoms with Gasteiger partial charge in [0.15, 0.2) is 0 Å². The van der Waals surface area contributed by atoms with Gasteiger partial charge in [-0.1, -0.05) is 23.2 Å². The van der Waals surface area contributed by atoms with Gasteiger partial charge in [-0.25, -0.2) is 0 Å². The molecule has 0 aliphatic carbocycles. The van der Waals surface area contributed by atoms with Crippen LogP contribution in [0.3, 0.4) is 0 Å². The molecule has 0 saturated carbocycles. The zero-order valence-electron chi connectivity index (χ0n) is 11.1. The van der Waals surface area contributed by atoms with Crippen molar-refractivity contribution in [3.8, 4) is 23.5 Å². The summed E-state index contributed by atoms with van der Waals surface area (Å²) in [4.78, 5) is 0. The summed E-state index contributed by atoms with van der Waals surface area (Å²) >= 11 is 11.8. The number of halogens is 5. The third-order valence-corrected chi connectivity index (χ3v) is 3.37. The second-order valence-corrected chi connectivity index (χ2v) is 5.11. The Bertz CT molecular complexity index is 831. The van der Waals surface area contributed by atoms with E-state index in [1.165, 1.54) is 18.2 Å². The van der Waals surface area contributed by atoms with Gasteiger partial charge >= 0.3 is 6.18 Å². The molecule has 2 aromatic rings. The number of nitrogens with zero attached hydrogens (tertiary/aromatic N) is 2. The van der Waals surface area contributed by atoms with E-state index in [2.05, 4.69) is 0 Å². The second kappa shape index (κ2) is 6.37. The minimum atomic E-state index is -4.57. The normalized spacial score (nSPS) is 10.7. The first-order valence-electron chi connectivity index (χ1n) is 5.94. The fourth-order valence-corrected chi connectivity index (χ4v) is 2.44. The standard InChI is InChI=1S/C15H5Cl2F3N2O/c16-11-4-9(15(18,19)20)5-12(17)14(11)13-2-1-10(23-13)3-8(6-21)7-22/h1-5H. The molecule has 8 heteroatoms. The largest absolute Gasteiger partial charge is 0.457 e. The van der Waals surface area contributed by atoms with Gasteiger partial charge in [-0.15, -0.1) is 0 Å². The molecule has 0 fully saturated rings. The van der Waals surface area contributed by atoms with Gasteiger partial charge in [-0.2, -0.15) is 23.7 Å². The van der Waals surface area contributed by atoms with E-state index in [-0.39, 0.29) is 32.7 Å². The average molecular weight is 357 g/mol. The first-order chi connectivity index (χ1) is 10.8. The van der Waals surface area contributed by atoms with Crippen LogP contribution < -0.4 is 0 Å². The molecule has 1 aromatic heterocycles. The number of rotatable bonds is 2. The molecule has 1 heterocycles. The minimum Gasteiger partial charge on any atom is -0.457 e. The smallest absolute Gasteiger partial charge is 0.416 e. The van der Waals surface area contributed by atoms with Crippen molar-refractivity contribution in [2.24, 2.45) is 0 Å². The highest BCUT2D eigenvalue weighted by atomic mass is 35.5. The Kier molecular flexibility index (Phi) is 4.70. The van der Waals surface area contributed by atoms with Gasteiger partial charge in [0.2, 0.25) is 0 Å². The molecule has 3 nitrogen and oxygen atoms in total. The molecule has 0 unspecified atom stereocenters. The Morgan fingerprint density at radius 2 is 1.65 bits per heavy atom. The van der Waals surface area contributed by atoms with Crippen LogP contribution in [0, 0.1) is 22.7 Å². The van der Waals surface area contributed by atoms with Crippen molar-refractivity contribution < 1.29 is 17.6 Å². The number of allylic oxidation sites excluding steroid dienone is 1. The van der Waals surface area contributed by atoms with Gasteiger partial charge in [0.05, 0.1) is 21.2 Å². The summed E-state index contributed by atoms with van der Waals surface area (Å²) in [5.41, 5.74) is -1.06. The van der Waals surface area contributed by atoms with E-state index in [9.17, 15) is 13.2 Å². The monoisotopic (exact) mass is 356 g/mol. The Hall–Kier alpha value is -2.41. The predicted octanol–water partition coefficient (Wildman–Crippen LogP) is 5.70.